The molecule has 1 unspecified atom stereocenters. The maximum atomic E-state index is 12.9. The van der Waals surface area contributed by atoms with E-state index in [9.17, 15) is 14.4 Å². The second-order valence-corrected chi connectivity index (χ2v) is 7.89. The molecule has 0 spiro atoms. The summed E-state index contributed by atoms with van der Waals surface area (Å²) in [6, 6.07) is 7.73. The minimum atomic E-state index is -0.445. The van der Waals surface area contributed by atoms with E-state index in [1.165, 1.54) is 11.6 Å². The molecule has 2 heterocycles. The van der Waals surface area contributed by atoms with Gasteiger partial charge in [0.25, 0.3) is 5.56 Å². The fraction of sp³-hybridized carbons (Fsp3) is 0.400. The summed E-state index contributed by atoms with van der Waals surface area (Å²) in [6.45, 7) is 4.20. The second-order valence-electron chi connectivity index (χ2n) is 6.98. The number of carbonyl (C=O) groups is 1. The summed E-state index contributed by atoms with van der Waals surface area (Å²) in [5, 5.41) is 0. The van der Waals surface area contributed by atoms with E-state index in [0.717, 1.165) is 14.6 Å². The zero-order valence-corrected chi connectivity index (χ0v) is 18.4. The summed E-state index contributed by atoms with van der Waals surface area (Å²) in [4.78, 5) is 41.9. The second kappa shape index (κ2) is 8.36. The predicted molar refractivity (Wildman–Crippen MR) is 113 cm³/mol. The number of hydrogen-bond acceptors (Lipinski definition) is 5. The molecule has 0 aliphatic heterocycles. The Morgan fingerprint density at radius 1 is 1.24 bits per heavy atom. The molecule has 2 aromatic heterocycles. The third-order valence-corrected chi connectivity index (χ3v) is 5.33. The molecule has 154 valence electrons. The van der Waals surface area contributed by atoms with Gasteiger partial charge in [0.05, 0.1) is 12.5 Å². The van der Waals surface area contributed by atoms with Crippen LogP contribution in [0.1, 0.15) is 25.2 Å². The van der Waals surface area contributed by atoms with E-state index >= 15 is 0 Å². The van der Waals surface area contributed by atoms with E-state index in [-0.39, 0.29) is 5.97 Å². The first-order chi connectivity index (χ1) is 13.7. The van der Waals surface area contributed by atoms with Crippen molar-refractivity contribution in [3.8, 4) is 0 Å². The third kappa shape index (κ3) is 4.05. The third-order valence-electron chi connectivity index (χ3n) is 4.83. The molecule has 1 atom stereocenters. The zero-order chi connectivity index (χ0) is 21.3. The lowest BCUT2D eigenvalue weighted by Gasteiger charge is -2.13. The van der Waals surface area contributed by atoms with E-state index in [1.807, 2.05) is 24.3 Å². The van der Waals surface area contributed by atoms with Gasteiger partial charge in [-0.3, -0.25) is 18.7 Å². The van der Waals surface area contributed by atoms with Crippen molar-refractivity contribution in [2.24, 2.45) is 20.0 Å². The number of nitrogens with zero attached hydrogens (tertiary/aromatic N) is 4. The van der Waals surface area contributed by atoms with Crippen LogP contribution in [0.2, 0.25) is 0 Å². The molecule has 29 heavy (non-hydrogen) atoms. The Hall–Kier alpha value is -2.68. The number of imidazole rings is 1. The fourth-order valence-electron chi connectivity index (χ4n) is 3.28. The lowest BCUT2D eigenvalue weighted by molar-refractivity contribution is -0.147. The number of aromatic nitrogens is 4. The van der Waals surface area contributed by atoms with Gasteiger partial charge < -0.3 is 9.30 Å². The molecule has 0 fully saturated rings. The molecule has 1 aromatic carbocycles. The summed E-state index contributed by atoms with van der Waals surface area (Å²) < 4.78 is 10.2. The molecule has 8 nitrogen and oxygen atoms in total. The Morgan fingerprint density at radius 3 is 2.62 bits per heavy atom. The molecular formula is C20H23BrN4O4. The maximum absolute atomic E-state index is 12.9. The van der Waals surface area contributed by atoms with Gasteiger partial charge in [-0.25, -0.2) is 9.78 Å². The molecule has 9 heteroatoms. The number of esters is 1. The van der Waals surface area contributed by atoms with E-state index in [2.05, 4.69) is 20.9 Å². The molecule has 0 bridgehead atoms. The smallest absolute Gasteiger partial charge is 0.332 e. The minimum absolute atomic E-state index is 0.291. The first kappa shape index (κ1) is 21.0. The quantitative estimate of drug-likeness (QED) is 0.522. The number of aryl methyl sites for hydroxylation is 1. The van der Waals surface area contributed by atoms with Crippen molar-refractivity contribution in [3.63, 3.8) is 0 Å². The molecular weight excluding hydrogens is 440 g/mol. The van der Waals surface area contributed by atoms with Gasteiger partial charge >= 0.3 is 11.7 Å². The summed E-state index contributed by atoms with van der Waals surface area (Å²) >= 11 is 3.46. The highest BCUT2D eigenvalue weighted by Crippen LogP contribution is 2.19. The zero-order valence-electron chi connectivity index (χ0n) is 16.8. The van der Waals surface area contributed by atoms with Crippen LogP contribution in [0.3, 0.4) is 0 Å². The summed E-state index contributed by atoms with van der Waals surface area (Å²) in [5.74, 6) is -0.205. The van der Waals surface area contributed by atoms with Gasteiger partial charge in [-0.1, -0.05) is 35.0 Å². The van der Waals surface area contributed by atoms with Crippen LogP contribution in [-0.2, 0) is 36.6 Å². The topological polar surface area (TPSA) is 88.1 Å². The number of benzene rings is 1. The van der Waals surface area contributed by atoms with E-state index < -0.39 is 17.2 Å². The van der Waals surface area contributed by atoms with Crippen molar-refractivity contribution in [1.82, 2.24) is 18.7 Å². The molecule has 3 aromatic rings. The van der Waals surface area contributed by atoms with E-state index in [4.69, 9.17) is 4.74 Å². The fourth-order valence-corrected chi connectivity index (χ4v) is 3.72. The highest BCUT2D eigenvalue weighted by Gasteiger charge is 2.23. The summed E-state index contributed by atoms with van der Waals surface area (Å²) in [7, 11) is 3.03. The Bertz CT molecular complexity index is 1190. The molecule has 3 rings (SSSR count). The average Bonchev–Trinajstić information content (AvgIpc) is 3.03. The predicted octanol–water partition coefficient (Wildman–Crippen LogP) is 1.99. The Balaban J connectivity index is 2.20. The highest BCUT2D eigenvalue weighted by molar-refractivity contribution is 9.10. The number of carbonyl (C=O) groups excluding carboxylic acids is 1. The molecule has 0 N–H and O–H groups in total. The van der Waals surface area contributed by atoms with Crippen LogP contribution in [-0.4, -0.2) is 31.3 Å². The van der Waals surface area contributed by atoms with Crippen LogP contribution in [0.5, 0.6) is 0 Å². The van der Waals surface area contributed by atoms with Crippen LogP contribution in [0.25, 0.3) is 11.2 Å². The number of halogens is 1. The van der Waals surface area contributed by atoms with Crippen LogP contribution in [0, 0.1) is 5.92 Å². The number of fused-ring (bicyclic) bond motifs is 1. The van der Waals surface area contributed by atoms with E-state index in [1.54, 1.807) is 25.5 Å². The molecule has 0 saturated carbocycles. The van der Waals surface area contributed by atoms with Crippen molar-refractivity contribution >= 4 is 33.1 Å². The largest absolute Gasteiger partial charge is 0.466 e. The molecule has 0 aliphatic rings. The van der Waals surface area contributed by atoms with Crippen LogP contribution in [0.4, 0.5) is 0 Å². The first-order valence-electron chi connectivity index (χ1n) is 9.30. The molecule has 0 radical (unpaired) electrons. The highest BCUT2D eigenvalue weighted by atomic mass is 79.9. The van der Waals surface area contributed by atoms with E-state index in [0.29, 0.717) is 36.6 Å². The van der Waals surface area contributed by atoms with Gasteiger partial charge in [-0.2, -0.15) is 0 Å². The van der Waals surface area contributed by atoms with Crippen molar-refractivity contribution in [1.29, 1.82) is 0 Å². The molecule has 0 amide bonds. The molecule has 0 aliphatic carbocycles. The van der Waals surface area contributed by atoms with Gasteiger partial charge in [-0.05, 0) is 24.6 Å². The number of ether oxygens (including phenoxy) is 1. The maximum Gasteiger partial charge on any atom is 0.332 e. The minimum Gasteiger partial charge on any atom is -0.466 e. The van der Waals surface area contributed by atoms with Gasteiger partial charge in [0.15, 0.2) is 11.2 Å². The SMILES string of the molecule is CCOC(=O)C(C)Cc1nc2c(c(=O)n(C)c(=O)n2C)n1Cc1cccc(Br)c1. The van der Waals surface area contributed by atoms with Crippen molar-refractivity contribution in [2.75, 3.05) is 6.61 Å². The number of hydrogen-bond donors (Lipinski definition) is 0. The number of rotatable bonds is 6. The van der Waals surface area contributed by atoms with Crippen molar-refractivity contribution < 1.29 is 9.53 Å². The standard InChI is InChI=1S/C20H23BrN4O4/c1-5-29-19(27)12(2)9-15-22-17-16(18(26)24(4)20(28)23(17)3)25(15)11-13-7-6-8-14(21)10-13/h6-8,10,12H,5,9,11H2,1-4H3. The van der Waals surface area contributed by atoms with Gasteiger partial charge in [0.2, 0.25) is 0 Å². The Morgan fingerprint density at radius 2 is 1.97 bits per heavy atom. The Kier molecular flexibility index (Phi) is 6.07. The normalized spacial score (nSPS) is 12.3. The van der Waals surface area contributed by atoms with Crippen LogP contribution >= 0.6 is 15.9 Å². The summed E-state index contributed by atoms with van der Waals surface area (Å²) in [5.41, 5.74) is 0.736. The van der Waals surface area contributed by atoms with Gasteiger partial charge in [0, 0.05) is 31.5 Å². The Labute approximate surface area is 175 Å². The lowest BCUT2D eigenvalue weighted by atomic mass is 10.1. The molecule has 0 saturated heterocycles. The monoisotopic (exact) mass is 462 g/mol. The first-order valence-corrected chi connectivity index (χ1v) is 10.1. The lowest BCUT2D eigenvalue weighted by Crippen LogP contribution is -2.37. The summed E-state index contributed by atoms with van der Waals surface area (Å²) in [6.07, 6.45) is 0.291. The van der Waals surface area contributed by atoms with Gasteiger partial charge in [-0.15, -0.1) is 0 Å². The van der Waals surface area contributed by atoms with Crippen LogP contribution < -0.4 is 11.2 Å². The van der Waals surface area contributed by atoms with Crippen molar-refractivity contribution in [3.05, 3.63) is 61.0 Å². The van der Waals surface area contributed by atoms with Crippen molar-refractivity contribution in [2.45, 2.75) is 26.8 Å². The average molecular weight is 463 g/mol. The van der Waals surface area contributed by atoms with Crippen LogP contribution in [0.15, 0.2) is 38.3 Å². The van der Waals surface area contributed by atoms with Gasteiger partial charge in [0.1, 0.15) is 5.82 Å².